The van der Waals surface area contributed by atoms with Gasteiger partial charge in [-0.3, -0.25) is 14.3 Å². The van der Waals surface area contributed by atoms with Crippen LogP contribution < -0.4 is 11.1 Å². The standard InChI is InChI=1S/C23H13ClF4N6O2/c24-15-5-13-14(6-18(21(30)35)31-17(13)7-16(15)25)22(36)32-19-10-34(33-20(19)23(26,27)28)9-12-3-1-11(8-29)2-4-12/h1-7,10H,9H2,(H2,30,35)(H,32,36). The number of nitrogens with two attached hydrogens (primary N) is 1. The molecule has 2 aromatic heterocycles. The van der Waals surface area contributed by atoms with Gasteiger partial charge in [0.2, 0.25) is 0 Å². The third-order valence-corrected chi connectivity index (χ3v) is 5.34. The van der Waals surface area contributed by atoms with E-state index in [1.165, 1.54) is 12.1 Å². The van der Waals surface area contributed by atoms with Crippen molar-refractivity contribution in [2.45, 2.75) is 12.7 Å². The van der Waals surface area contributed by atoms with Crippen molar-refractivity contribution >= 4 is 40.0 Å². The fourth-order valence-electron chi connectivity index (χ4n) is 3.40. The van der Waals surface area contributed by atoms with Crippen LogP contribution in [0.25, 0.3) is 10.9 Å². The van der Waals surface area contributed by atoms with Gasteiger partial charge in [-0.05, 0) is 29.8 Å². The van der Waals surface area contributed by atoms with Gasteiger partial charge in [-0.1, -0.05) is 23.7 Å². The molecule has 0 aliphatic carbocycles. The molecule has 0 saturated carbocycles. The molecule has 0 spiro atoms. The van der Waals surface area contributed by atoms with Gasteiger partial charge in [0.25, 0.3) is 11.8 Å². The molecule has 0 aliphatic heterocycles. The second-order valence-electron chi connectivity index (χ2n) is 7.55. The predicted molar refractivity (Wildman–Crippen MR) is 121 cm³/mol. The highest BCUT2D eigenvalue weighted by Crippen LogP contribution is 2.34. The van der Waals surface area contributed by atoms with Crippen molar-refractivity contribution < 1.29 is 27.2 Å². The van der Waals surface area contributed by atoms with E-state index in [0.717, 1.165) is 29.1 Å². The maximum Gasteiger partial charge on any atom is 0.437 e. The number of primary amides is 1. The van der Waals surface area contributed by atoms with Crippen LogP contribution in [0.3, 0.4) is 0 Å². The molecule has 0 aliphatic rings. The van der Waals surface area contributed by atoms with Gasteiger partial charge < -0.3 is 11.1 Å². The molecule has 4 aromatic rings. The molecule has 2 heterocycles. The number of fused-ring (bicyclic) bond motifs is 1. The topological polar surface area (TPSA) is 127 Å². The summed E-state index contributed by atoms with van der Waals surface area (Å²) in [6, 6.07) is 11.0. The zero-order valence-corrected chi connectivity index (χ0v) is 18.7. The van der Waals surface area contributed by atoms with E-state index < -0.39 is 40.9 Å². The van der Waals surface area contributed by atoms with Gasteiger partial charge in [0.1, 0.15) is 11.5 Å². The van der Waals surface area contributed by atoms with E-state index in [9.17, 15) is 27.2 Å². The van der Waals surface area contributed by atoms with Gasteiger partial charge in [-0.15, -0.1) is 0 Å². The Morgan fingerprint density at radius 1 is 1.17 bits per heavy atom. The minimum absolute atomic E-state index is 0.0116. The molecule has 0 fully saturated rings. The summed E-state index contributed by atoms with van der Waals surface area (Å²) in [4.78, 5) is 28.6. The van der Waals surface area contributed by atoms with Gasteiger partial charge >= 0.3 is 6.18 Å². The summed E-state index contributed by atoms with van der Waals surface area (Å²) >= 11 is 5.81. The van der Waals surface area contributed by atoms with Crippen LogP contribution in [0.2, 0.25) is 5.02 Å². The van der Waals surface area contributed by atoms with E-state index >= 15 is 0 Å². The Morgan fingerprint density at radius 3 is 2.47 bits per heavy atom. The fourth-order valence-corrected chi connectivity index (χ4v) is 3.56. The first kappa shape index (κ1) is 24.6. The number of pyridine rings is 1. The number of benzene rings is 2. The first-order valence-corrected chi connectivity index (χ1v) is 10.4. The van der Waals surface area contributed by atoms with Crippen molar-refractivity contribution in [2.24, 2.45) is 5.73 Å². The number of hydrogen-bond donors (Lipinski definition) is 2. The minimum Gasteiger partial charge on any atom is -0.364 e. The SMILES string of the molecule is N#Cc1ccc(Cn2cc(NC(=O)c3cc(C(N)=O)nc4cc(F)c(Cl)cc34)c(C(F)(F)F)n2)cc1. The molecule has 0 bridgehead atoms. The van der Waals surface area contributed by atoms with Crippen LogP contribution in [0.15, 0.2) is 48.7 Å². The maximum absolute atomic E-state index is 13.9. The number of hydrogen-bond acceptors (Lipinski definition) is 5. The lowest BCUT2D eigenvalue weighted by Gasteiger charge is -2.11. The fraction of sp³-hybridized carbons (Fsp3) is 0.0870. The molecular weight excluding hydrogens is 504 g/mol. The number of rotatable bonds is 5. The third-order valence-electron chi connectivity index (χ3n) is 5.05. The lowest BCUT2D eigenvalue weighted by Crippen LogP contribution is -2.19. The summed E-state index contributed by atoms with van der Waals surface area (Å²) in [7, 11) is 0. The Balaban J connectivity index is 1.74. The maximum atomic E-state index is 13.9. The number of nitriles is 1. The number of aromatic nitrogens is 3. The van der Waals surface area contributed by atoms with Crippen molar-refractivity contribution in [2.75, 3.05) is 5.32 Å². The molecule has 8 nitrogen and oxygen atoms in total. The third kappa shape index (κ3) is 4.96. The van der Waals surface area contributed by atoms with Crippen molar-refractivity contribution in [3.63, 3.8) is 0 Å². The molecule has 3 N–H and O–H groups in total. The minimum atomic E-state index is -4.91. The first-order chi connectivity index (χ1) is 17.0. The summed E-state index contributed by atoms with van der Waals surface area (Å²) in [5, 5.41) is 14.2. The van der Waals surface area contributed by atoms with E-state index in [1.54, 1.807) is 12.1 Å². The van der Waals surface area contributed by atoms with E-state index in [-0.39, 0.29) is 28.0 Å². The van der Waals surface area contributed by atoms with Gasteiger partial charge in [-0.25, -0.2) is 9.37 Å². The molecule has 0 atom stereocenters. The summed E-state index contributed by atoms with van der Waals surface area (Å²) in [6.45, 7) is -0.0798. The van der Waals surface area contributed by atoms with Crippen LogP contribution in [0, 0.1) is 17.1 Å². The Labute approximate surface area is 204 Å². The van der Waals surface area contributed by atoms with Crippen LogP contribution in [0.5, 0.6) is 0 Å². The molecule has 36 heavy (non-hydrogen) atoms. The summed E-state index contributed by atoms with van der Waals surface area (Å²) in [6.07, 6.45) is -3.92. The lowest BCUT2D eigenvalue weighted by atomic mass is 10.1. The second-order valence-corrected chi connectivity index (χ2v) is 7.96. The molecule has 0 saturated heterocycles. The highest BCUT2D eigenvalue weighted by Gasteiger charge is 2.38. The number of nitrogens with zero attached hydrogens (tertiary/aromatic N) is 4. The first-order valence-electron chi connectivity index (χ1n) is 10.0. The van der Waals surface area contributed by atoms with Crippen LogP contribution in [0.1, 0.15) is 37.7 Å². The number of nitrogens with one attached hydrogen (secondary N) is 1. The smallest absolute Gasteiger partial charge is 0.364 e. The predicted octanol–water partition coefficient (Wildman–Crippen LogP) is 4.51. The van der Waals surface area contributed by atoms with Crippen molar-refractivity contribution in [3.8, 4) is 6.07 Å². The number of carbonyl (C=O) groups is 2. The number of anilines is 1. The molecular formula is C23H13ClF4N6O2. The average Bonchev–Trinajstić information content (AvgIpc) is 3.22. The Kier molecular flexibility index (Phi) is 6.34. The normalized spacial score (nSPS) is 11.3. The van der Waals surface area contributed by atoms with Crippen LogP contribution >= 0.6 is 11.6 Å². The number of alkyl halides is 3. The van der Waals surface area contributed by atoms with Crippen LogP contribution in [0.4, 0.5) is 23.2 Å². The highest BCUT2D eigenvalue weighted by molar-refractivity contribution is 6.31. The average molecular weight is 517 g/mol. The molecule has 2 aromatic carbocycles. The molecule has 2 amide bonds. The molecule has 0 unspecified atom stereocenters. The molecule has 4 rings (SSSR count). The second kappa shape index (κ2) is 9.27. The number of carbonyl (C=O) groups excluding carboxylic acids is 2. The monoisotopic (exact) mass is 516 g/mol. The van der Waals surface area contributed by atoms with E-state index in [2.05, 4.69) is 15.4 Å². The van der Waals surface area contributed by atoms with Crippen LogP contribution in [-0.2, 0) is 12.7 Å². The van der Waals surface area contributed by atoms with Gasteiger partial charge in [0.05, 0.1) is 40.0 Å². The summed E-state index contributed by atoms with van der Waals surface area (Å²) in [5.41, 5.74) is 3.31. The Morgan fingerprint density at radius 2 is 1.86 bits per heavy atom. The van der Waals surface area contributed by atoms with Gasteiger partial charge in [0.15, 0.2) is 5.69 Å². The largest absolute Gasteiger partial charge is 0.437 e. The lowest BCUT2D eigenvalue weighted by molar-refractivity contribution is -0.140. The highest BCUT2D eigenvalue weighted by atomic mass is 35.5. The summed E-state index contributed by atoms with van der Waals surface area (Å²) < 4.78 is 55.9. The number of halogens is 5. The Hall–Kier alpha value is -4.50. The van der Waals surface area contributed by atoms with Gasteiger partial charge in [-0.2, -0.15) is 23.5 Å². The zero-order valence-electron chi connectivity index (χ0n) is 17.9. The quantitative estimate of drug-likeness (QED) is 0.377. The zero-order chi connectivity index (χ0) is 26.2. The van der Waals surface area contributed by atoms with E-state index in [4.69, 9.17) is 22.6 Å². The van der Waals surface area contributed by atoms with Crippen molar-refractivity contribution in [1.29, 1.82) is 5.26 Å². The van der Waals surface area contributed by atoms with E-state index in [1.807, 2.05) is 6.07 Å². The molecule has 182 valence electrons. The van der Waals surface area contributed by atoms with Gasteiger partial charge in [0, 0.05) is 17.6 Å². The summed E-state index contributed by atoms with van der Waals surface area (Å²) in [5.74, 6) is -2.98. The van der Waals surface area contributed by atoms with Crippen molar-refractivity contribution in [1.82, 2.24) is 14.8 Å². The van der Waals surface area contributed by atoms with Crippen molar-refractivity contribution in [3.05, 3.63) is 87.6 Å². The number of amides is 2. The molecule has 13 heteroatoms. The van der Waals surface area contributed by atoms with Crippen LogP contribution in [-0.4, -0.2) is 26.6 Å². The molecule has 0 radical (unpaired) electrons. The Bertz CT molecular complexity index is 1560. The van der Waals surface area contributed by atoms with E-state index in [0.29, 0.717) is 11.1 Å².